The minimum Gasteiger partial charge on any atom is -0.508 e. The Balaban J connectivity index is 1.81. The van der Waals surface area contributed by atoms with Crippen LogP contribution in [0.3, 0.4) is 0 Å². The highest BCUT2D eigenvalue weighted by Crippen LogP contribution is 2.57. The number of hydrogen-bond acceptors (Lipinski definition) is 8. The number of nitrogens with one attached hydrogen (secondary N) is 1. The summed E-state index contributed by atoms with van der Waals surface area (Å²) in [4.78, 5) is 39.0. The molecule has 0 heterocycles. The molecule has 5 atom stereocenters. The van der Waals surface area contributed by atoms with E-state index in [1.165, 1.54) is 13.1 Å². The second-order valence-corrected chi connectivity index (χ2v) is 9.15. The molecule has 1 amide bonds. The number of Topliss-reactive ketones (excluding diaryl/α,β-unsaturated/α-hetero) is 2. The number of aliphatic hydroxyl groups excluding tert-OH is 2. The van der Waals surface area contributed by atoms with Crippen LogP contribution in [0.4, 0.5) is 0 Å². The molecule has 0 aromatic heterocycles. The molecule has 7 N–H and O–H groups in total. The average Bonchev–Trinajstić information content (AvgIpc) is 2.82. The predicted molar refractivity (Wildman–Crippen MR) is 124 cm³/mol. The number of benzene rings is 2. The number of aromatic hydroxyl groups is 1. The zero-order valence-electron chi connectivity index (χ0n) is 18.7. The highest BCUT2D eigenvalue weighted by atomic mass is 16.3. The summed E-state index contributed by atoms with van der Waals surface area (Å²) in [6.45, 7) is 0. The fraction of sp³-hybridized carbons (Fsp3) is 0.269. The molecule has 1 saturated carbocycles. The number of fused-ring (bicyclic) bond motifs is 3. The molecule has 2 aromatic rings. The third kappa shape index (κ3) is 2.92. The van der Waals surface area contributed by atoms with Crippen molar-refractivity contribution in [2.24, 2.45) is 17.6 Å². The largest absolute Gasteiger partial charge is 0.508 e. The van der Waals surface area contributed by atoms with Gasteiger partial charge in [-0.05, 0) is 30.7 Å². The van der Waals surface area contributed by atoms with E-state index in [0.29, 0.717) is 5.56 Å². The minimum absolute atomic E-state index is 0.00361. The van der Waals surface area contributed by atoms with Gasteiger partial charge in [0.05, 0.1) is 11.6 Å². The van der Waals surface area contributed by atoms with Crippen molar-refractivity contribution in [1.82, 2.24) is 5.32 Å². The van der Waals surface area contributed by atoms with Gasteiger partial charge in [0.25, 0.3) is 5.91 Å². The summed E-state index contributed by atoms with van der Waals surface area (Å²) < 4.78 is 0. The summed E-state index contributed by atoms with van der Waals surface area (Å²) in [5.74, 6) is -7.38. The summed E-state index contributed by atoms with van der Waals surface area (Å²) in [5.41, 5.74) is 3.03. The van der Waals surface area contributed by atoms with Crippen molar-refractivity contribution in [3.63, 3.8) is 0 Å². The van der Waals surface area contributed by atoms with Crippen LogP contribution in [0.2, 0.25) is 0 Å². The first-order chi connectivity index (χ1) is 16.6. The van der Waals surface area contributed by atoms with Gasteiger partial charge in [-0.3, -0.25) is 14.4 Å². The molecule has 3 aliphatic rings. The number of phenols is 1. The number of amides is 1. The van der Waals surface area contributed by atoms with E-state index >= 15 is 0 Å². The maximum Gasteiger partial charge on any atom is 0.255 e. The van der Waals surface area contributed by atoms with Crippen LogP contribution < -0.4 is 11.1 Å². The smallest absolute Gasteiger partial charge is 0.255 e. The molecule has 35 heavy (non-hydrogen) atoms. The molecule has 0 saturated heterocycles. The van der Waals surface area contributed by atoms with Gasteiger partial charge < -0.3 is 31.5 Å². The lowest BCUT2D eigenvalue weighted by molar-refractivity contribution is -0.150. The zero-order chi connectivity index (χ0) is 25.2. The quantitative estimate of drug-likeness (QED) is 0.359. The van der Waals surface area contributed by atoms with E-state index in [1.54, 1.807) is 12.1 Å². The molecule has 0 aliphatic heterocycles. The molecule has 0 spiro atoms. The van der Waals surface area contributed by atoms with Gasteiger partial charge in [0.1, 0.15) is 22.8 Å². The Labute approximate surface area is 200 Å². The number of aliphatic hydroxyl groups is 3. The summed E-state index contributed by atoms with van der Waals surface area (Å²) in [5, 5.41) is 47.1. The van der Waals surface area contributed by atoms with Crippen LogP contribution >= 0.6 is 0 Å². The first kappa shape index (κ1) is 22.8. The van der Waals surface area contributed by atoms with Crippen molar-refractivity contribution < 1.29 is 34.8 Å². The number of carbonyl (C=O) groups excluding carboxylic acids is 3. The SMILES string of the molecule is CN[C@@H]1C(=O)C(C(N)=O)=C(O)[C@@]2(O)C(=O)C3=C(O)c4c(O)cccc4[C@@H](c4ccccc4)[C@H]3C[C@@H]12. The number of carbonyl (C=O) groups is 3. The van der Waals surface area contributed by atoms with Crippen LogP contribution in [-0.2, 0) is 14.4 Å². The van der Waals surface area contributed by atoms with Crippen LogP contribution in [0.1, 0.15) is 29.0 Å². The van der Waals surface area contributed by atoms with Gasteiger partial charge in [-0.1, -0.05) is 42.5 Å². The molecule has 5 rings (SSSR count). The van der Waals surface area contributed by atoms with E-state index in [1.807, 2.05) is 30.3 Å². The Kier molecular flexibility index (Phi) is 5.08. The van der Waals surface area contributed by atoms with Crippen molar-refractivity contribution in [2.75, 3.05) is 7.05 Å². The standard InChI is InChI=1S/C26H24N2O7/c1-28-20-14-10-13-16(11-6-3-2-4-7-11)12-8-5-9-15(29)17(12)21(30)18(13)23(32)26(14,35)24(33)19(22(20)31)25(27)34/h2-9,13-14,16,20,28-30,33,35H,10H2,1H3,(H2,27,34)/t13-,14+,16-,20+,26+/m1/s1. The molecule has 0 unspecified atom stereocenters. The van der Waals surface area contributed by atoms with Crippen LogP contribution in [0.25, 0.3) is 5.76 Å². The lowest BCUT2D eigenvalue weighted by Gasteiger charge is -2.50. The van der Waals surface area contributed by atoms with Gasteiger partial charge in [0.2, 0.25) is 5.78 Å². The molecule has 9 nitrogen and oxygen atoms in total. The van der Waals surface area contributed by atoms with Crippen molar-refractivity contribution in [2.45, 2.75) is 24.0 Å². The van der Waals surface area contributed by atoms with Crippen molar-refractivity contribution in [3.8, 4) is 5.75 Å². The van der Waals surface area contributed by atoms with Gasteiger partial charge in [0.15, 0.2) is 11.4 Å². The molecular formula is C26H24N2O7. The van der Waals surface area contributed by atoms with Gasteiger partial charge in [-0.15, -0.1) is 0 Å². The van der Waals surface area contributed by atoms with Crippen LogP contribution in [0.15, 0.2) is 65.4 Å². The monoisotopic (exact) mass is 476 g/mol. The normalized spacial score (nSPS) is 30.0. The van der Waals surface area contributed by atoms with E-state index in [-0.39, 0.29) is 23.3 Å². The lowest BCUT2D eigenvalue weighted by Crippen LogP contribution is -2.65. The number of phenolic OH excluding ortho intramolecular Hbond substituents is 1. The first-order valence-corrected chi connectivity index (χ1v) is 11.2. The van der Waals surface area contributed by atoms with Gasteiger partial charge in [-0.2, -0.15) is 0 Å². The van der Waals surface area contributed by atoms with Gasteiger partial charge >= 0.3 is 0 Å². The minimum atomic E-state index is -2.67. The number of rotatable bonds is 3. The van der Waals surface area contributed by atoms with Crippen molar-refractivity contribution in [3.05, 3.63) is 82.1 Å². The summed E-state index contributed by atoms with van der Waals surface area (Å²) in [7, 11) is 1.44. The Morgan fingerprint density at radius 1 is 1.06 bits per heavy atom. The van der Waals surface area contributed by atoms with Gasteiger partial charge in [0, 0.05) is 23.3 Å². The fourth-order valence-corrected chi connectivity index (χ4v) is 6.06. The average molecular weight is 476 g/mol. The Morgan fingerprint density at radius 2 is 1.74 bits per heavy atom. The van der Waals surface area contributed by atoms with E-state index < -0.39 is 64.0 Å². The molecule has 3 aliphatic carbocycles. The molecule has 0 bridgehead atoms. The predicted octanol–water partition coefficient (Wildman–Crippen LogP) is 1.21. The third-order valence-corrected chi connectivity index (χ3v) is 7.56. The molecule has 9 heteroatoms. The Hall–Kier alpha value is -3.95. The first-order valence-electron chi connectivity index (χ1n) is 11.2. The van der Waals surface area contributed by atoms with Crippen molar-refractivity contribution in [1.29, 1.82) is 0 Å². The Morgan fingerprint density at radius 3 is 2.37 bits per heavy atom. The second kappa shape index (κ2) is 7.79. The van der Waals surface area contributed by atoms with E-state index in [9.17, 15) is 34.8 Å². The van der Waals surface area contributed by atoms with Gasteiger partial charge in [-0.25, -0.2) is 0 Å². The van der Waals surface area contributed by atoms with E-state index in [2.05, 4.69) is 5.32 Å². The lowest BCUT2D eigenvalue weighted by atomic mass is 9.55. The van der Waals surface area contributed by atoms with Crippen LogP contribution in [0, 0.1) is 11.8 Å². The topological polar surface area (TPSA) is 170 Å². The highest BCUT2D eigenvalue weighted by Gasteiger charge is 2.64. The maximum atomic E-state index is 13.9. The molecular weight excluding hydrogens is 452 g/mol. The molecule has 2 aromatic carbocycles. The van der Waals surface area contributed by atoms with E-state index in [4.69, 9.17) is 5.73 Å². The number of likely N-dealkylation sites (N-methyl/N-ethyl adjacent to an activating group) is 1. The van der Waals surface area contributed by atoms with Crippen LogP contribution in [-0.4, -0.2) is 56.6 Å². The second-order valence-electron chi connectivity index (χ2n) is 9.15. The summed E-state index contributed by atoms with van der Waals surface area (Å²) in [6, 6.07) is 12.8. The molecule has 0 radical (unpaired) electrons. The van der Waals surface area contributed by atoms with Crippen LogP contribution in [0.5, 0.6) is 5.75 Å². The maximum absolute atomic E-state index is 13.9. The van der Waals surface area contributed by atoms with Crippen molar-refractivity contribution >= 4 is 23.2 Å². The molecule has 1 fully saturated rings. The summed E-state index contributed by atoms with van der Waals surface area (Å²) in [6.07, 6.45) is 0.00361. The number of nitrogens with two attached hydrogens (primary N) is 1. The fourth-order valence-electron chi connectivity index (χ4n) is 6.06. The number of primary amides is 1. The zero-order valence-corrected chi connectivity index (χ0v) is 18.7. The van der Waals surface area contributed by atoms with E-state index in [0.717, 1.165) is 5.56 Å². The molecule has 180 valence electrons. The number of ketones is 2. The number of hydrogen-bond donors (Lipinski definition) is 6. The Bertz CT molecular complexity index is 1350. The third-order valence-electron chi connectivity index (χ3n) is 7.56. The summed E-state index contributed by atoms with van der Waals surface area (Å²) >= 11 is 0. The highest BCUT2D eigenvalue weighted by molar-refractivity contribution is 6.24.